The zero-order valence-corrected chi connectivity index (χ0v) is 8.34. The third-order valence-corrected chi connectivity index (χ3v) is 1.93. The van der Waals surface area contributed by atoms with Crippen LogP contribution in [0, 0.1) is 6.92 Å². The number of halogens is 3. The highest BCUT2D eigenvalue weighted by Gasteiger charge is 2.36. The Morgan fingerprint density at radius 2 is 1.93 bits per heavy atom. The summed E-state index contributed by atoms with van der Waals surface area (Å²) in [6.07, 6.45) is -4.65. The van der Waals surface area contributed by atoms with E-state index >= 15 is 0 Å². The summed E-state index contributed by atoms with van der Waals surface area (Å²) in [4.78, 5) is 14.6. The molecule has 0 aliphatic heterocycles. The molecule has 0 saturated carbocycles. The highest BCUT2D eigenvalue weighted by molar-refractivity contribution is 5.21. The van der Waals surface area contributed by atoms with Gasteiger partial charge in [-0.15, -0.1) is 0 Å². The lowest BCUT2D eigenvalue weighted by Gasteiger charge is -2.12. The maximum atomic E-state index is 12.4. The number of nitrogens with zero attached hydrogens (tertiary/aromatic N) is 2. The van der Waals surface area contributed by atoms with Crippen LogP contribution in [-0.2, 0) is 13.2 Å². The molecule has 15 heavy (non-hydrogen) atoms. The van der Waals surface area contributed by atoms with Gasteiger partial charge in [-0.2, -0.15) is 18.2 Å². The molecule has 0 aliphatic rings. The average Bonchev–Trinajstić information content (AvgIpc) is 2.13. The van der Waals surface area contributed by atoms with Crippen LogP contribution in [0.1, 0.15) is 11.3 Å². The zero-order valence-electron chi connectivity index (χ0n) is 8.34. The fourth-order valence-corrected chi connectivity index (χ4v) is 1.15. The molecule has 1 heterocycles. The second kappa shape index (κ2) is 3.56. The van der Waals surface area contributed by atoms with Gasteiger partial charge < -0.3 is 4.74 Å². The molecule has 1 aromatic heterocycles. The molecule has 0 amide bonds. The van der Waals surface area contributed by atoms with Gasteiger partial charge in [0.15, 0.2) is 5.69 Å². The maximum Gasteiger partial charge on any atom is 0.434 e. The minimum absolute atomic E-state index is 0.363. The number of ether oxygens (including phenoxy) is 1. The predicted molar refractivity (Wildman–Crippen MR) is 45.8 cm³/mol. The van der Waals surface area contributed by atoms with E-state index in [-0.39, 0.29) is 6.01 Å². The van der Waals surface area contributed by atoms with Crippen molar-refractivity contribution in [3.8, 4) is 6.01 Å². The predicted octanol–water partition coefficient (Wildman–Crippen LogP) is 1.12. The number of alkyl halides is 3. The first-order valence-electron chi connectivity index (χ1n) is 3.98. The molecule has 0 bridgehead atoms. The first-order chi connectivity index (χ1) is 6.79. The SMILES string of the molecule is COc1nc(C(F)(F)F)c(C)c(=O)n1C. The summed E-state index contributed by atoms with van der Waals surface area (Å²) in [5.41, 5.74) is -2.41. The van der Waals surface area contributed by atoms with Gasteiger partial charge in [0.25, 0.3) is 11.6 Å². The summed E-state index contributed by atoms with van der Waals surface area (Å²) < 4.78 is 42.7. The lowest BCUT2D eigenvalue weighted by atomic mass is 10.2. The van der Waals surface area contributed by atoms with Gasteiger partial charge in [0, 0.05) is 12.6 Å². The van der Waals surface area contributed by atoms with Crippen molar-refractivity contribution in [2.75, 3.05) is 7.11 Å². The van der Waals surface area contributed by atoms with Crippen LogP contribution in [0.5, 0.6) is 6.01 Å². The molecule has 0 aliphatic carbocycles. The third-order valence-electron chi connectivity index (χ3n) is 1.93. The quantitative estimate of drug-likeness (QED) is 0.715. The summed E-state index contributed by atoms with van der Waals surface area (Å²) >= 11 is 0. The smallest absolute Gasteiger partial charge is 0.434 e. The Kier molecular flexibility index (Phi) is 2.74. The number of hydrogen-bond acceptors (Lipinski definition) is 3. The molecule has 4 nitrogen and oxygen atoms in total. The van der Waals surface area contributed by atoms with Crippen molar-refractivity contribution in [3.05, 3.63) is 21.6 Å². The van der Waals surface area contributed by atoms with Crippen molar-refractivity contribution in [1.82, 2.24) is 9.55 Å². The Bertz CT molecular complexity index is 437. The van der Waals surface area contributed by atoms with Crippen LogP contribution in [0.4, 0.5) is 13.2 Å². The molecule has 0 N–H and O–H groups in total. The van der Waals surface area contributed by atoms with E-state index in [0.717, 1.165) is 18.6 Å². The van der Waals surface area contributed by atoms with E-state index in [2.05, 4.69) is 9.72 Å². The molecular weight excluding hydrogens is 213 g/mol. The largest absolute Gasteiger partial charge is 0.468 e. The summed E-state index contributed by atoms with van der Waals surface area (Å²) in [6.45, 7) is 1.08. The van der Waals surface area contributed by atoms with Gasteiger partial charge in [-0.25, -0.2) is 0 Å². The number of aromatic nitrogens is 2. The van der Waals surface area contributed by atoms with E-state index in [1.807, 2.05) is 0 Å². The van der Waals surface area contributed by atoms with Crippen molar-refractivity contribution >= 4 is 0 Å². The molecule has 0 aromatic carbocycles. The minimum Gasteiger partial charge on any atom is -0.468 e. The Morgan fingerprint density at radius 1 is 1.40 bits per heavy atom. The Morgan fingerprint density at radius 3 is 2.33 bits per heavy atom. The molecule has 0 atom stereocenters. The summed E-state index contributed by atoms with van der Waals surface area (Å²) in [5, 5.41) is 0. The molecule has 1 aromatic rings. The van der Waals surface area contributed by atoms with Gasteiger partial charge in [0.2, 0.25) is 0 Å². The fraction of sp³-hybridized carbons (Fsp3) is 0.500. The van der Waals surface area contributed by atoms with Gasteiger partial charge in [-0.05, 0) is 6.92 Å². The normalized spacial score (nSPS) is 11.6. The van der Waals surface area contributed by atoms with Gasteiger partial charge in [-0.3, -0.25) is 9.36 Å². The topological polar surface area (TPSA) is 44.1 Å². The average molecular weight is 222 g/mol. The van der Waals surface area contributed by atoms with E-state index in [1.54, 1.807) is 0 Å². The van der Waals surface area contributed by atoms with Crippen LogP contribution in [0.15, 0.2) is 4.79 Å². The summed E-state index contributed by atoms with van der Waals surface area (Å²) in [6, 6.07) is -0.363. The Hall–Kier alpha value is -1.53. The van der Waals surface area contributed by atoms with Crippen LogP contribution in [0.2, 0.25) is 0 Å². The molecule has 84 valence electrons. The van der Waals surface area contributed by atoms with Crippen molar-refractivity contribution in [1.29, 1.82) is 0 Å². The number of rotatable bonds is 1. The van der Waals surface area contributed by atoms with Crippen molar-refractivity contribution < 1.29 is 17.9 Å². The Balaban J connectivity index is 3.57. The highest BCUT2D eigenvalue weighted by atomic mass is 19.4. The summed E-state index contributed by atoms with van der Waals surface area (Å²) in [7, 11) is 2.44. The molecule has 7 heteroatoms. The van der Waals surface area contributed by atoms with Crippen LogP contribution in [0.3, 0.4) is 0 Å². The monoisotopic (exact) mass is 222 g/mol. The Labute approximate surface area is 83.3 Å². The van der Waals surface area contributed by atoms with Crippen LogP contribution in [-0.4, -0.2) is 16.7 Å². The lowest BCUT2D eigenvalue weighted by Crippen LogP contribution is -2.27. The number of hydrogen-bond donors (Lipinski definition) is 0. The first kappa shape index (κ1) is 11.5. The van der Waals surface area contributed by atoms with Crippen LogP contribution >= 0.6 is 0 Å². The van der Waals surface area contributed by atoms with Gasteiger partial charge in [-0.1, -0.05) is 0 Å². The molecule has 0 saturated heterocycles. The standard InChI is InChI=1S/C8H9F3N2O2/c1-4-5(8(9,10)11)12-7(15-3)13(2)6(4)14/h1-3H3. The second-order valence-corrected chi connectivity index (χ2v) is 2.93. The molecule has 0 unspecified atom stereocenters. The van der Waals surface area contributed by atoms with E-state index in [4.69, 9.17) is 0 Å². The van der Waals surface area contributed by atoms with Crippen LogP contribution < -0.4 is 10.3 Å². The molecule has 0 radical (unpaired) electrons. The minimum atomic E-state index is -4.65. The van der Waals surface area contributed by atoms with E-state index in [0.29, 0.717) is 0 Å². The highest BCUT2D eigenvalue weighted by Crippen LogP contribution is 2.29. The molecule has 0 fully saturated rings. The summed E-state index contributed by atoms with van der Waals surface area (Å²) in [5.74, 6) is 0. The van der Waals surface area contributed by atoms with Crippen LogP contribution in [0.25, 0.3) is 0 Å². The van der Waals surface area contributed by atoms with Crippen molar-refractivity contribution in [2.45, 2.75) is 13.1 Å². The van der Waals surface area contributed by atoms with E-state index < -0.39 is 23.0 Å². The zero-order chi connectivity index (χ0) is 11.8. The van der Waals surface area contributed by atoms with Crippen molar-refractivity contribution in [3.63, 3.8) is 0 Å². The number of methoxy groups -OCH3 is 1. The molecule has 1 rings (SSSR count). The first-order valence-corrected chi connectivity index (χ1v) is 3.98. The molecule has 0 spiro atoms. The lowest BCUT2D eigenvalue weighted by molar-refractivity contribution is -0.142. The third kappa shape index (κ3) is 1.95. The van der Waals surface area contributed by atoms with Crippen molar-refractivity contribution in [2.24, 2.45) is 7.05 Å². The van der Waals surface area contributed by atoms with E-state index in [9.17, 15) is 18.0 Å². The maximum absolute atomic E-state index is 12.4. The fourth-order valence-electron chi connectivity index (χ4n) is 1.15. The van der Waals surface area contributed by atoms with E-state index in [1.165, 1.54) is 7.05 Å². The van der Waals surface area contributed by atoms with Gasteiger partial charge in [0.05, 0.1) is 7.11 Å². The second-order valence-electron chi connectivity index (χ2n) is 2.93. The molecular formula is C8H9F3N2O2. The van der Waals surface area contributed by atoms with Gasteiger partial charge in [0.1, 0.15) is 0 Å². The van der Waals surface area contributed by atoms with Gasteiger partial charge >= 0.3 is 6.18 Å².